The lowest BCUT2D eigenvalue weighted by Crippen LogP contribution is -2.38. The van der Waals surface area contributed by atoms with Crippen LogP contribution in [0.25, 0.3) is 0 Å². The van der Waals surface area contributed by atoms with Crippen molar-refractivity contribution in [3.63, 3.8) is 0 Å². The van der Waals surface area contributed by atoms with Crippen LogP contribution in [-0.2, 0) is 0 Å². The SMILES string of the molecule is OC(CNCCCOc1ccccc1)C(F)(F)F. The van der Waals surface area contributed by atoms with Crippen LogP contribution in [0, 0.1) is 0 Å². The number of hydrogen-bond donors (Lipinski definition) is 2. The number of benzene rings is 1. The molecule has 0 fully saturated rings. The van der Waals surface area contributed by atoms with Crippen LogP contribution in [-0.4, -0.2) is 37.1 Å². The molecule has 0 aliphatic rings. The van der Waals surface area contributed by atoms with Crippen LogP contribution in [0.1, 0.15) is 6.42 Å². The molecule has 1 atom stereocenters. The molecule has 0 amide bonds. The van der Waals surface area contributed by atoms with Gasteiger partial charge in [-0.15, -0.1) is 0 Å². The summed E-state index contributed by atoms with van der Waals surface area (Å²) in [5.74, 6) is 0.729. The molecule has 1 unspecified atom stereocenters. The number of rotatable bonds is 7. The van der Waals surface area contributed by atoms with Crippen molar-refractivity contribution >= 4 is 0 Å². The van der Waals surface area contributed by atoms with Gasteiger partial charge < -0.3 is 15.2 Å². The van der Waals surface area contributed by atoms with Crippen LogP contribution in [0.3, 0.4) is 0 Å². The summed E-state index contributed by atoms with van der Waals surface area (Å²) in [6, 6.07) is 9.16. The van der Waals surface area contributed by atoms with Gasteiger partial charge in [-0.05, 0) is 25.1 Å². The molecular weight excluding hydrogens is 247 g/mol. The first-order valence-corrected chi connectivity index (χ1v) is 5.63. The third kappa shape index (κ3) is 5.88. The summed E-state index contributed by atoms with van der Waals surface area (Å²) < 4.78 is 41.1. The van der Waals surface area contributed by atoms with E-state index in [-0.39, 0.29) is 0 Å². The van der Waals surface area contributed by atoms with Crippen molar-refractivity contribution in [2.45, 2.75) is 18.7 Å². The van der Waals surface area contributed by atoms with E-state index in [1.807, 2.05) is 18.2 Å². The van der Waals surface area contributed by atoms with Crippen LogP contribution in [0.5, 0.6) is 5.75 Å². The fraction of sp³-hybridized carbons (Fsp3) is 0.500. The highest BCUT2D eigenvalue weighted by Gasteiger charge is 2.37. The highest BCUT2D eigenvalue weighted by molar-refractivity contribution is 5.20. The Bertz CT molecular complexity index is 330. The Balaban J connectivity index is 2.03. The van der Waals surface area contributed by atoms with Gasteiger partial charge >= 0.3 is 6.18 Å². The third-order valence-electron chi connectivity index (χ3n) is 2.23. The molecule has 0 spiro atoms. The Morgan fingerprint density at radius 3 is 2.50 bits per heavy atom. The number of hydrogen-bond acceptors (Lipinski definition) is 3. The van der Waals surface area contributed by atoms with Gasteiger partial charge in [0.2, 0.25) is 0 Å². The minimum Gasteiger partial charge on any atom is -0.494 e. The van der Waals surface area contributed by atoms with Crippen LogP contribution < -0.4 is 10.1 Å². The van der Waals surface area contributed by atoms with Gasteiger partial charge in [0.25, 0.3) is 0 Å². The van der Waals surface area contributed by atoms with E-state index >= 15 is 0 Å². The van der Waals surface area contributed by atoms with E-state index in [9.17, 15) is 13.2 Å². The zero-order valence-corrected chi connectivity index (χ0v) is 9.78. The van der Waals surface area contributed by atoms with Gasteiger partial charge in [-0.1, -0.05) is 18.2 Å². The summed E-state index contributed by atoms with van der Waals surface area (Å²) in [6.07, 6.45) is -6.31. The molecule has 18 heavy (non-hydrogen) atoms. The maximum atomic E-state index is 11.9. The van der Waals surface area contributed by atoms with Crippen LogP contribution >= 0.6 is 0 Å². The lowest BCUT2D eigenvalue weighted by molar-refractivity contribution is -0.201. The van der Waals surface area contributed by atoms with E-state index < -0.39 is 18.8 Å². The van der Waals surface area contributed by atoms with Crippen LogP contribution in [0.4, 0.5) is 13.2 Å². The van der Waals surface area contributed by atoms with Crippen molar-refractivity contribution in [2.24, 2.45) is 0 Å². The molecule has 1 aromatic carbocycles. The summed E-state index contributed by atoms with van der Waals surface area (Å²) in [6.45, 7) is 0.286. The zero-order chi connectivity index (χ0) is 13.4. The Hall–Kier alpha value is -1.27. The van der Waals surface area contributed by atoms with E-state index in [0.29, 0.717) is 19.6 Å². The van der Waals surface area contributed by atoms with Gasteiger partial charge in [0, 0.05) is 6.54 Å². The fourth-order valence-electron chi connectivity index (χ4n) is 1.26. The first-order chi connectivity index (χ1) is 8.50. The van der Waals surface area contributed by atoms with Crippen molar-refractivity contribution in [2.75, 3.05) is 19.7 Å². The van der Waals surface area contributed by atoms with Gasteiger partial charge in [0.1, 0.15) is 5.75 Å². The number of nitrogens with one attached hydrogen (secondary N) is 1. The maximum Gasteiger partial charge on any atom is 0.415 e. The van der Waals surface area contributed by atoms with Crippen molar-refractivity contribution in [3.8, 4) is 5.75 Å². The maximum absolute atomic E-state index is 11.9. The zero-order valence-electron chi connectivity index (χ0n) is 9.78. The van der Waals surface area contributed by atoms with E-state index in [1.165, 1.54) is 0 Å². The normalized spacial score (nSPS) is 13.3. The van der Waals surface area contributed by atoms with Gasteiger partial charge in [0.15, 0.2) is 6.10 Å². The Morgan fingerprint density at radius 1 is 1.22 bits per heavy atom. The molecule has 0 heterocycles. The minimum atomic E-state index is -4.56. The Morgan fingerprint density at radius 2 is 1.89 bits per heavy atom. The van der Waals surface area contributed by atoms with E-state index in [1.54, 1.807) is 12.1 Å². The second-order valence-electron chi connectivity index (χ2n) is 3.78. The molecule has 1 aromatic rings. The molecule has 0 saturated heterocycles. The largest absolute Gasteiger partial charge is 0.494 e. The van der Waals surface area contributed by atoms with Crippen LogP contribution in [0.2, 0.25) is 0 Å². The molecule has 0 radical (unpaired) electrons. The molecule has 2 N–H and O–H groups in total. The van der Waals surface area contributed by atoms with Crippen molar-refractivity contribution < 1.29 is 23.0 Å². The van der Waals surface area contributed by atoms with Crippen molar-refractivity contribution in [1.82, 2.24) is 5.32 Å². The van der Waals surface area contributed by atoms with Crippen LogP contribution in [0.15, 0.2) is 30.3 Å². The average Bonchev–Trinajstić information content (AvgIpc) is 2.33. The average molecular weight is 263 g/mol. The topological polar surface area (TPSA) is 41.5 Å². The lowest BCUT2D eigenvalue weighted by Gasteiger charge is -2.15. The predicted molar refractivity (Wildman–Crippen MR) is 61.5 cm³/mol. The minimum absolute atomic E-state index is 0.361. The first-order valence-electron chi connectivity index (χ1n) is 5.63. The number of halogens is 3. The summed E-state index contributed by atoms with van der Waals surface area (Å²) in [4.78, 5) is 0. The molecule has 3 nitrogen and oxygen atoms in total. The first kappa shape index (κ1) is 14.8. The number of aliphatic hydroxyl groups is 1. The molecule has 6 heteroatoms. The molecule has 1 rings (SSSR count). The summed E-state index contributed by atoms with van der Waals surface area (Å²) in [5, 5.41) is 11.2. The summed E-state index contributed by atoms with van der Waals surface area (Å²) in [5.41, 5.74) is 0. The molecule has 0 saturated carbocycles. The number of alkyl halides is 3. The molecule has 102 valence electrons. The third-order valence-corrected chi connectivity index (χ3v) is 2.23. The number of aliphatic hydroxyl groups excluding tert-OH is 1. The quantitative estimate of drug-likeness (QED) is 0.739. The summed E-state index contributed by atoms with van der Waals surface area (Å²) >= 11 is 0. The monoisotopic (exact) mass is 263 g/mol. The molecule has 0 aliphatic carbocycles. The highest BCUT2D eigenvalue weighted by atomic mass is 19.4. The van der Waals surface area contributed by atoms with E-state index in [0.717, 1.165) is 5.75 Å². The molecule has 0 aromatic heterocycles. The second-order valence-corrected chi connectivity index (χ2v) is 3.78. The van der Waals surface area contributed by atoms with Gasteiger partial charge in [-0.3, -0.25) is 0 Å². The van der Waals surface area contributed by atoms with Crippen molar-refractivity contribution in [3.05, 3.63) is 30.3 Å². The van der Waals surface area contributed by atoms with Gasteiger partial charge in [-0.2, -0.15) is 13.2 Å². The molecular formula is C12H16F3NO2. The standard InChI is InChI=1S/C12H16F3NO2/c13-12(14,15)11(17)9-16-7-4-8-18-10-5-2-1-3-6-10/h1-3,5-6,11,16-17H,4,7-9H2. The van der Waals surface area contributed by atoms with Gasteiger partial charge in [-0.25, -0.2) is 0 Å². The molecule has 0 aliphatic heterocycles. The fourth-order valence-corrected chi connectivity index (χ4v) is 1.26. The molecule has 0 bridgehead atoms. The van der Waals surface area contributed by atoms with E-state index in [2.05, 4.69) is 5.32 Å². The Kier molecular flexibility index (Phi) is 5.94. The smallest absolute Gasteiger partial charge is 0.415 e. The second kappa shape index (κ2) is 7.23. The Labute approximate surface area is 104 Å². The predicted octanol–water partition coefficient (Wildman–Crippen LogP) is 1.97. The lowest BCUT2D eigenvalue weighted by atomic mass is 10.3. The highest BCUT2D eigenvalue weighted by Crippen LogP contribution is 2.19. The summed E-state index contributed by atoms with van der Waals surface area (Å²) in [7, 11) is 0. The number of para-hydroxylation sites is 1. The number of ether oxygens (including phenoxy) is 1. The van der Waals surface area contributed by atoms with E-state index in [4.69, 9.17) is 9.84 Å². The van der Waals surface area contributed by atoms with Crippen molar-refractivity contribution in [1.29, 1.82) is 0 Å². The van der Waals surface area contributed by atoms with Gasteiger partial charge in [0.05, 0.1) is 6.61 Å².